The minimum Gasteiger partial charge on any atom is -0.365 e. The second-order valence-corrected chi connectivity index (χ2v) is 11.5. The fourth-order valence-electron chi connectivity index (χ4n) is 6.23. The number of hydrogen-bond acceptors (Lipinski definition) is 4. The number of aliphatic imine (C=N–C) groups is 1. The van der Waals surface area contributed by atoms with E-state index >= 15 is 0 Å². The van der Waals surface area contributed by atoms with Crippen molar-refractivity contribution in [1.29, 1.82) is 0 Å². The summed E-state index contributed by atoms with van der Waals surface area (Å²) in [6.07, 6.45) is 3.16. The molecule has 2 unspecified atom stereocenters. The molecular formula is C22H42N4O. The largest absolute Gasteiger partial charge is 0.365 e. The highest BCUT2D eigenvalue weighted by molar-refractivity contribution is 6.37. The molecule has 0 spiro atoms. The Balaban J connectivity index is 2.52. The van der Waals surface area contributed by atoms with Gasteiger partial charge in [0.1, 0.15) is 0 Å². The van der Waals surface area contributed by atoms with Gasteiger partial charge in [-0.2, -0.15) is 0 Å². The zero-order valence-corrected chi connectivity index (χ0v) is 19.2. The van der Waals surface area contributed by atoms with Crippen LogP contribution in [0.4, 0.5) is 0 Å². The zero-order valence-electron chi connectivity index (χ0n) is 19.2. The molecule has 2 heterocycles. The molecule has 2 atom stereocenters. The van der Waals surface area contributed by atoms with E-state index in [1.807, 2.05) is 0 Å². The van der Waals surface area contributed by atoms with Crippen LogP contribution in [0.1, 0.15) is 81.6 Å². The van der Waals surface area contributed by atoms with E-state index in [1.54, 1.807) is 6.92 Å². The average Bonchev–Trinajstić information content (AvgIpc) is 2.40. The summed E-state index contributed by atoms with van der Waals surface area (Å²) in [6, 6.07) is 0.105. The van der Waals surface area contributed by atoms with Gasteiger partial charge in [0, 0.05) is 28.1 Å². The average molecular weight is 379 g/mol. The predicted octanol–water partition coefficient (Wildman–Crippen LogP) is 3.37. The highest BCUT2D eigenvalue weighted by Crippen LogP contribution is 2.50. The smallest absolute Gasteiger partial charge is 0.262 e. The summed E-state index contributed by atoms with van der Waals surface area (Å²) in [5.74, 6) is 0.485. The molecule has 2 rings (SSSR count). The van der Waals surface area contributed by atoms with Gasteiger partial charge >= 0.3 is 0 Å². The number of nitrogens with zero attached hydrogens (tertiary/aromatic N) is 2. The molecule has 0 radical (unpaired) electrons. The molecule has 0 bridgehead atoms. The first-order chi connectivity index (χ1) is 12.0. The first-order valence-corrected chi connectivity index (χ1v) is 10.4. The number of nitrogens with two attached hydrogens (primary N) is 1. The number of carbonyl (C=O) groups excluding carboxylic acids is 1. The number of nitrogens with one attached hydrogen (secondary N) is 1. The van der Waals surface area contributed by atoms with Crippen molar-refractivity contribution < 1.29 is 4.79 Å². The number of amides is 1. The molecule has 0 aromatic carbocycles. The molecule has 2 aliphatic rings. The van der Waals surface area contributed by atoms with Gasteiger partial charge in [0.25, 0.3) is 5.91 Å². The summed E-state index contributed by atoms with van der Waals surface area (Å²) in [5.41, 5.74) is 6.15. The van der Waals surface area contributed by atoms with Crippen molar-refractivity contribution in [3.05, 3.63) is 0 Å². The standard InChI is InChI=1S/C22H42N4O/c1-14(18(23)27)24-16-13-21(6,7)26(10)22(8,9)17(16)15-11-19(2,3)25-20(4,5)12-15/h15-17,25H,11-13H2,1-10H3,(H2,23,27). The minimum atomic E-state index is -0.408. The number of hydrogen-bond donors (Lipinski definition) is 2. The molecule has 2 aliphatic heterocycles. The molecule has 5 heteroatoms. The van der Waals surface area contributed by atoms with Gasteiger partial charge in [-0.15, -0.1) is 0 Å². The van der Waals surface area contributed by atoms with Gasteiger partial charge in [0.2, 0.25) is 0 Å². The van der Waals surface area contributed by atoms with E-state index in [-0.39, 0.29) is 28.2 Å². The van der Waals surface area contributed by atoms with E-state index in [9.17, 15) is 4.79 Å². The van der Waals surface area contributed by atoms with Crippen molar-refractivity contribution in [2.45, 2.75) is 110 Å². The molecule has 0 aromatic heterocycles. The topological polar surface area (TPSA) is 70.7 Å². The summed E-state index contributed by atoms with van der Waals surface area (Å²) in [5, 5.41) is 3.81. The van der Waals surface area contributed by atoms with Crippen LogP contribution < -0.4 is 11.1 Å². The lowest BCUT2D eigenvalue weighted by Crippen LogP contribution is -2.68. The van der Waals surface area contributed by atoms with Gasteiger partial charge in [0.05, 0.1) is 11.8 Å². The summed E-state index contributed by atoms with van der Waals surface area (Å²) in [7, 11) is 2.24. The van der Waals surface area contributed by atoms with Crippen LogP contribution in [0.15, 0.2) is 4.99 Å². The second-order valence-electron chi connectivity index (χ2n) is 11.5. The summed E-state index contributed by atoms with van der Waals surface area (Å²) in [4.78, 5) is 19.2. The van der Waals surface area contributed by atoms with E-state index in [0.29, 0.717) is 17.5 Å². The van der Waals surface area contributed by atoms with Gasteiger partial charge in [-0.25, -0.2) is 0 Å². The molecule has 0 aliphatic carbocycles. The number of primary amides is 1. The Labute approximate surface area is 166 Å². The zero-order chi connectivity index (χ0) is 21.0. The molecule has 0 aromatic rings. The van der Waals surface area contributed by atoms with E-state index < -0.39 is 5.91 Å². The molecule has 1 amide bonds. The molecule has 0 saturated carbocycles. The minimum absolute atomic E-state index is 0.0179. The van der Waals surface area contributed by atoms with E-state index in [0.717, 1.165) is 19.3 Å². The van der Waals surface area contributed by atoms with Gasteiger partial charge in [-0.05, 0) is 94.5 Å². The van der Waals surface area contributed by atoms with Crippen LogP contribution in [0.5, 0.6) is 0 Å². The Kier molecular flexibility index (Phi) is 5.66. The van der Waals surface area contributed by atoms with E-state index in [4.69, 9.17) is 10.7 Å². The number of rotatable bonds is 3. The van der Waals surface area contributed by atoms with Crippen molar-refractivity contribution >= 4 is 11.6 Å². The number of piperidine rings is 2. The maximum absolute atomic E-state index is 11.7. The Morgan fingerprint density at radius 3 is 1.93 bits per heavy atom. The maximum Gasteiger partial charge on any atom is 0.262 e. The van der Waals surface area contributed by atoms with Crippen LogP contribution in [-0.2, 0) is 4.79 Å². The number of likely N-dealkylation sites (tertiary alicyclic amines) is 1. The third-order valence-corrected chi connectivity index (χ3v) is 7.16. The van der Waals surface area contributed by atoms with Gasteiger partial charge in [-0.3, -0.25) is 14.7 Å². The maximum atomic E-state index is 11.7. The SMILES string of the molecule is CC(=NC1CC(C)(C)N(C)C(C)(C)C1C1CC(C)(C)NC(C)(C)C1)C(N)=O. The third kappa shape index (κ3) is 4.56. The Morgan fingerprint density at radius 2 is 1.48 bits per heavy atom. The quantitative estimate of drug-likeness (QED) is 0.740. The second kappa shape index (κ2) is 6.84. The van der Waals surface area contributed by atoms with Crippen LogP contribution in [0, 0.1) is 11.8 Å². The lowest BCUT2D eigenvalue weighted by atomic mass is 9.59. The van der Waals surface area contributed by atoms with Crippen LogP contribution in [-0.4, -0.2) is 51.8 Å². The molecule has 156 valence electrons. The third-order valence-electron chi connectivity index (χ3n) is 7.16. The van der Waals surface area contributed by atoms with Crippen molar-refractivity contribution in [3.8, 4) is 0 Å². The highest BCUT2D eigenvalue weighted by Gasteiger charge is 2.55. The lowest BCUT2D eigenvalue weighted by molar-refractivity contribution is -0.112. The molecular weight excluding hydrogens is 336 g/mol. The van der Waals surface area contributed by atoms with Gasteiger partial charge in [0.15, 0.2) is 0 Å². The summed E-state index contributed by atoms with van der Waals surface area (Å²) < 4.78 is 0. The van der Waals surface area contributed by atoms with Crippen LogP contribution >= 0.6 is 0 Å². The fourth-order valence-corrected chi connectivity index (χ4v) is 6.23. The van der Waals surface area contributed by atoms with Crippen LogP contribution in [0.2, 0.25) is 0 Å². The summed E-state index contributed by atoms with van der Waals surface area (Å²) in [6.45, 7) is 20.2. The van der Waals surface area contributed by atoms with Crippen molar-refractivity contribution in [2.24, 2.45) is 22.6 Å². The first-order valence-electron chi connectivity index (χ1n) is 10.4. The van der Waals surface area contributed by atoms with Crippen molar-refractivity contribution in [3.63, 3.8) is 0 Å². The monoisotopic (exact) mass is 378 g/mol. The van der Waals surface area contributed by atoms with Gasteiger partial charge in [-0.1, -0.05) is 0 Å². The molecule has 2 saturated heterocycles. The van der Waals surface area contributed by atoms with Gasteiger partial charge < -0.3 is 11.1 Å². The number of carbonyl (C=O) groups is 1. The molecule has 2 fully saturated rings. The van der Waals surface area contributed by atoms with E-state index in [2.05, 4.69) is 72.7 Å². The Bertz CT molecular complexity index is 602. The fraction of sp³-hybridized carbons (Fsp3) is 0.909. The Hall–Kier alpha value is -0.940. The van der Waals surface area contributed by atoms with Crippen LogP contribution in [0.25, 0.3) is 0 Å². The molecule has 3 N–H and O–H groups in total. The van der Waals surface area contributed by atoms with Crippen molar-refractivity contribution in [2.75, 3.05) is 7.05 Å². The molecule has 27 heavy (non-hydrogen) atoms. The predicted molar refractivity (Wildman–Crippen MR) is 114 cm³/mol. The first kappa shape index (κ1) is 22.4. The molecule has 5 nitrogen and oxygen atoms in total. The van der Waals surface area contributed by atoms with Crippen molar-refractivity contribution in [1.82, 2.24) is 10.2 Å². The highest BCUT2D eigenvalue weighted by atomic mass is 16.1. The Morgan fingerprint density at radius 1 is 1.00 bits per heavy atom. The van der Waals surface area contributed by atoms with E-state index in [1.165, 1.54) is 0 Å². The lowest BCUT2D eigenvalue weighted by Gasteiger charge is -2.61. The van der Waals surface area contributed by atoms with Crippen LogP contribution in [0.3, 0.4) is 0 Å². The summed E-state index contributed by atoms with van der Waals surface area (Å²) >= 11 is 0. The normalized spacial score (nSPS) is 33.6.